The van der Waals surface area contributed by atoms with Gasteiger partial charge in [-0.2, -0.15) is 0 Å². The van der Waals surface area contributed by atoms with Crippen molar-refractivity contribution in [1.82, 2.24) is 5.32 Å². The number of hydrogen-bond acceptors (Lipinski definition) is 2. The molecule has 0 saturated heterocycles. The molecule has 0 unspecified atom stereocenters. The number of likely N-dealkylation sites (N-methyl/N-ethyl adjacent to an activating group) is 1. The third-order valence-electron chi connectivity index (χ3n) is 0.802. The van der Waals surface area contributed by atoms with Crippen LogP contribution in [-0.4, -0.2) is 12.8 Å². The molecule has 0 aliphatic carbocycles. The van der Waals surface area contributed by atoms with Crippen LogP contribution in [0.5, 0.6) is 0 Å². The fraction of sp³-hybridized carbons (Fsp3) is 0.667. The second kappa shape index (κ2) is 4.78. The molecule has 0 aromatic heterocycles. The molecule has 0 aliphatic rings. The summed E-state index contributed by atoms with van der Waals surface area (Å²) in [6.45, 7) is 3.48. The molecule has 1 radical (unpaired) electrons. The Morgan fingerprint density at radius 2 is 2.38 bits per heavy atom. The van der Waals surface area contributed by atoms with Gasteiger partial charge in [-0.05, 0) is 13.5 Å². The van der Waals surface area contributed by atoms with E-state index < -0.39 is 0 Å². The molecule has 0 saturated carbocycles. The van der Waals surface area contributed by atoms with Crippen molar-refractivity contribution < 1.29 is 4.79 Å². The molecule has 0 atom stereocenters. The number of carbonyl (C=O) groups excluding carboxylic acids is 1. The van der Waals surface area contributed by atoms with E-state index in [1.807, 2.05) is 6.92 Å². The lowest BCUT2D eigenvalue weighted by atomic mass is 10.2. The summed E-state index contributed by atoms with van der Waals surface area (Å²) in [4.78, 5) is 10.5. The number of nitrogens with one attached hydrogen (secondary N) is 1. The first-order valence-electron chi connectivity index (χ1n) is 2.84. The lowest BCUT2D eigenvalue weighted by Crippen LogP contribution is -2.10. The SMILES string of the molecule is CCCC(=O)[CH]NC. The average molecular weight is 114 g/mol. The second-order valence-corrected chi connectivity index (χ2v) is 1.65. The highest BCUT2D eigenvalue weighted by Gasteiger charge is 1.95. The average Bonchev–Trinajstić information content (AvgIpc) is 1.68. The first-order valence-corrected chi connectivity index (χ1v) is 2.84. The van der Waals surface area contributed by atoms with Crippen LogP contribution in [0.2, 0.25) is 0 Å². The summed E-state index contributed by atoms with van der Waals surface area (Å²) in [7, 11) is 1.73. The van der Waals surface area contributed by atoms with Gasteiger partial charge in [0.2, 0.25) is 0 Å². The molecular formula is C6H12NO. The highest BCUT2D eigenvalue weighted by molar-refractivity contribution is 5.86. The van der Waals surface area contributed by atoms with Gasteiger partial charge in [-0.3, -0.25) is 4.79 Å². The molecule has 0 amide bonds. The summed E-state index contributed by atoms with van der Waals surface area (Å²) >= 11 is 0. The Balaban J connectivity index is 3.06. The van der Waals surface area contributed by atoms with Crippen molar-refractivity contribution in [3.63, 3.8) is 0 Å². The van der Waals surface area contributed by atoms with Gasteiger partial charge in [-0.15, -0.1) is 0 Å². The predicted molar refractivity (Wildman–Crippen MR) is 33.3 cm³/mol. The van der Waals surface area contributed by atoms with Gasteiger partial charge in [0.1, 0.15) is 0 Å². The van der Waals surface area contributed by atoms with Crippen molar-refractivity contribution in [2.45, 2.75) is 19.8 Å². The lowest BCUT2D eigenvalue weighted by Gasteiger charge is -1.92. The van der Waals surface area contributed by atoms with Gasteiger partial charge >= 0.3 is 0 Å². The largest absolute Gasteiger partial charge is 0.309 e. The van der Waals surface area contributed by atoms with Crippen LogP contribution in [0.4, 0.5) is 0 Å². The molecule has 0 heterocycles. The van der Waals surface area contributed by atoms with E-state index in [0.717, 1.165) is 6.42 Å². The summed E-state index contributed by atoms with van der Waals surface area (Å²) in [5.41, 5.74) is 0. The van der Waals surface area contributed by atoms with E-state index in [9.17, 15) is 4.79 Å². The van der Waals surface area contributed by atoms with Crippen LogP contribution in [0.3, 0.4) is 0 Å². The minimum atomic E-state index is 0.176. The molecule has 0 fully saturated rings. The molecule has 0 rings (SSSR count). The quantitative estimate of drug-likeness (QED) is 0.584. The van der Waals surface area contributed by atoms with E-state index in [1.165, 1.54) is 6.54 Å². The molecule has 2 nitrogen and oxygen atoms in total. The van der Waals surface area contributed by atoms with E-state index in [1.54, 1.807) is 7.05 Å². The van der Waals surface area contributed by atoms with E-state index in [0.29, 0.717) is 6.42 Å². The molecule has 0 aromatic rings. The monoisotopic (exact) mass is 114 g/mol. The summed E-state index contributed by atoms with van der Waals surface area (Å²) in [6.07, 6.45) is 1.58. The third-order valence-corrected chi connectivity index (χ3v) is 0.802. The first-order chi connectivity index (χ1) is 3.81. The van der Waals surface area contributed by atoms with E-state index in [2.05, 4.69) is 5.32 Å². The Hall–Kier alpha value is -0.370. The molecular weight excluding hydrogens is 102 g/mol. The summed E-state index contributed by atoms with van der Waals surface area (Å²) in [6, 6.07) is 0. The molecule has 47 valence electrons. The molecule has 8 heavy (non-hydrogen) atoms. The Morgan fingerprint density at radius 1 is 1.75 bits per heavy atom. The fourth-order valence-corrected chi connectivity index (χ4v) is 0.480. The summed E-state index contributed by atoms with van der Waals surface area (Å²) in [5.74, 6) is 0.176. The predicted octanol–water partition coefficient (Wildman–Crippen LogP) is 0.737. The fourth-order valence-electron chi connectivity index (χ4n) is 0.480. The van der Waals surface area contributed by atoms with E-state index in [-0.39, 0.29) is 5.78 Å². The van der Waals surface area contributed by atoms with Crippen LogP contribution in [0.15, 0.2) is 0 Å². The number of Topliss-reactive ketones (excluding diaryl/α,β-unsaturated/α-hetero) is 1. The van der Waals surface area contributed by atoms with Gasteiger partial charge in [-0.25, -0.2) is 0 Å². The van der Waals surface area contributed by atoms with Gasteiger partial charge in [0, 0.05) is 6.42 Å². The van der Waals surface area contributed by atoms with Crippen LogP contribution in [-0.2, 0) is 4.79 Å². The molecule has 0 spiro atoms. The maximum absolute atomic E-state index is 10.5. The number of rotatable bonds is 4. The van der Waals surface area contributed by atoms with Gasteiger partial charge in [0.05, 0.1) is 6.54 Å². The van der Waals surface area contributed by atoms with Crippen molar-refractivity contribution in [3.8, 4) is 0 Å². The number of hydrogen-bond donors (Lipinski definition) is 1. The van der Waals surface area contributed by atoms with Crippen molar-refractivity contribution in [2.24, 2.45) is 0 Å². The van der Waals surface area contributed by atoms with Crippen molar-refractivity contribution >= 4 is 5.78 Å². The zero-order valence-corrected chi connectivity index (χ0v) is 5.40. The highest BCUT2D eigenvalue weighted by atomic mass is 16.1. The second-order valence-electron chi connectivity index (χ2n) is 1.65. The maximum Gasteiger partial charge on any atom is 0.151 e. The minimum absolute atomic E-state index is 0.176. The third kappa shape index (κ3) is 3.81. The Morgan fingerprint density at radius 3 is 2.75 bits per heavy atom. The molecule has 1 N–H and O–H groups in total. The zero-order chi connectivity index (χ0) is 6.41. The van der Waals surface area contributed by atoms with Crippen molar-refractivity contribution in [2.75, 3.05) is 7.05 Å². The minimum Gasteiger partial charge on any atom is -0.309 e. The molecule has 0 aromatic carbocycles. The molecule has 0 bridgehead atoms. The van der Waals surface area contributed by atoms with Gasteiger partial charge in [0.15, 0.2) is 5.78 Å². The normalized spacial score (nSPS) is 9.25. The van der Waals surface area contributed by atoms with Crippen molar-refractivity contribution in [3.05, 3.63) is 6.54 Å². The van der Waals surface area contributed by atoms with Gasteiger partial charge in [-0.1, -0.05) is 6.92 Å². The standard InChI is InChI=1S/C6H12NO/c1-3-4-6(8)5-7-2/h5,7H,3-4H2,1-2H3. The highest BCUT2D eigenvalue weighted by Crippen LogP contribution is 1.88. The Kier molecular flexibility index (Phi) is 4.56. The number of carbonyl (C=O) groups is 1. The van der Waals surface area contributed by atoms with Crippen LogP contribution < -0.4 is 5.32 Å². The van der Waals surface area contributed by atoms with E-state index >= 15 is 0 Å². The Labute approximate surface area is 50.3 Å². The van der Waals surface area contributed by atoms with Crippen LogP contribution >= 0.6 is 0 Å². The topological polar surface area (TPSA) is 29.1 Å². The summed E-state index contributed by atoms with van der Waals surface area (Å²) < 4.78 is 0. The molecule has 2 heteroatoms. The number of ketones is 1. The van der Waals surface area contributed by atoms with Gasteiger partial charge in [0.25, 0.3) is 0 Å². The van der Waals surface area contributed by atoms with Crippen LogP contribution in [0, 0.1) is 6.54 Å². The van der Waals surface area contributed by atoms with Crippen molar-refractivity contribution in [1.29, 1.82) is 0 Å². The first kappa shape index (κ1) is 7.63. The summed E-state index contributed by atoms with van der Waals surface area (Å²) in [5, 5.41) is 2.68. The molecule has 0 aliphatic heterocycles. The van der Waals surface area contributed by atoms with Crippen LogP contribution in [0.25, 0.3) is 0 Å². The Bertz CT molecular complexity index is 62.9. The van der Waals surface area contributed by atoms with E-state index in [4.69, 9.17) is 0 Å². The van der Waals surface area contributed by atoms with Gasteiger partial charge < -0.3 is 5.32 Å². The van der Waals surface area contributed by atoms with Crippen LogP contribution in [0.1, 0.15) is 19.8 Å². The lowest BCUT2D eigenvalue weighted by molar-refractivity contribution is -0.116. The zero-order valence-electron chi connectivity index (χ0n) is 5.40. The maximum atomic E-state index is 10.5. The smallest absolute Gasteiger partial charge is 0.151 e.